The molecule has 1 unspecified atom stereocenters. The lowest BCUT2D eigenvalue weighted by atomic mass is 9.77. The molecule has 3 N–H and O–H groups in total. The maximum atomic E-state index is 13.3. The van der Waals surface area contributed by atoms with Crippen LogP contribution >= 0.6 is 0 Å². The summed E-state index contributed by atoms with van der Waals surface area (Å²) in [7, 11) is 0. The molecule has 2 aliphatic rings. The second-order valence-electron chi connectivity index (χ2n) is 8.97. The number of carbonyl (C=O) groups is 1. The van der Waals surface area contributed by atoms with Gasteiger partial charge in [-0.25, -0.2) is 4.79 Å². The number of cyclic esters (lactones) is 1. The Morgan fingerprint density at radius 2 is 1.93 bits per heavy atom. The molecular weight excluding hydrogens is 376 g/mol. The van der Waals surface area contributed by atoms with Crippen LogP contribution in [-0.4, -0.2) is 23.2 Å². The maximum Gasteiger partial charge on any atom is 0.359 e. The molecule has 5 nitrogen and oxygen atoms in total. The molecule has 1 aliphatic heterocycles. The van der Waals surface area contributed by atoms with Crippen LogP contribution in [0.15, 0.2) is 35.7 Å². The number of aliphatic hydroxyl groups excluding tert-OH is 1. The molecule has 1 saturated carbocycles. The van der Waals surface area contributed by atoms with Gasteiger partial charge in [-0.05, 0) is 56.2 Å². The highest BCUT2D eigenvalue weighted by Crippen LogP contribution is 2.46. The topological polar surface area (TPSA) is 75.8 Å². The van der Waals surface area contributed by atoms with E-state index >= 15 is 0 Å². The van der Waals surface area contributed by atoms with E-state index in [0.29, 0.717) is 24.6 Å². The van der Waals surface area contributed by atoms with Crippen LogP contribution in [0.3, 0.4) is 0 Å². The third kappa shape index (κ3) is 4.93. The van der Waals surface area contributed by atoms with Crippen LogP contribution in [0, 0.1) is 5.92 Å². The van der Waals surface area contributed by atoms with Crippen LogP contribution < -0.4 is 10.6 Å². The Morgan fingerprint density at radius 3 is 2.57 bits per heavy atom. The zero-order valence-corrected chi connectivity index (χ0v) is 18.7. The summed E-state index contributed by atoms with van der Waals surface area (Å²) in [5, 5.41) is 11.2. The fraction of sp³-hybridized carbons (Fsp3) is 0.640. The van der Waals surface area contributed by atoms with Crippen molar-refractivity contribution in [3.05, 3.63) is 35.7 Å². The zero-order valence-electron chi connectivity index (χ0n) is 18.7. The summed E-state index contributed by atoms with van der Waals surface area (Å²) < 4.78 is 6.27. The smallest absolute Gasteiger partial charge is 0.359 e. The quantitative estimate of drug-likeness (QED) is 0.275. The highest BCUT2D eigenvalue weighted by atomic mass is 16.6. The molecule has 166 valence electrons. The molecule has 1 aromatic rings. The van der Waals surface area contributed by atoms with E-state index in [0.717, 1.165) is 44.2 Å². The Hall–Kier alpha value is -2.17. The number of nitrogen functional groups attached to an aromatic ring is 1. The van der Waals surface area contributed by atoms with Crippen molar-refractivity contribution < 1.29 is 14.6 Å². The molecule has 5 heteroatoms. The number of esters is 1. The number of hydrogen-bond acceptors (Lipinski definition) is 5. The van der Waals surface area contributed by atoms with Crippen molar-refractivity contribution in [3.8, 4) is 0 Å². The average Bonchev–Trinajstić information content (AvgIpc) is 3.26. The van der Waals surface area contributed by atoms with Crippen molar-refractivity contribution in [3.63, 3.8) is 0 Å². The Balaban J connectivity index is 1.90. The van der Waals surface area contributed by atoms with Crippen LogP contribution in [0.5, 0.6) is 0 Å². The Kier molecular flexibility index (Phi) is 7.68. The highest BCUT2D eigenvalue weighted by Gasteiger charge is 2.49. The first kappa shape index (κ1) is 22.5. The van der Waals surface area contributed by atoms with Gasteiger partial charge in [0.1, 0.15) is 11.4 Å². The second kappa shape index (κ2) is 10.2. The van der Waals surface area contributed by atoms with Crippen molar-refractivity contribution >= 4 is 17.3 Å². The summed E-state index contributed by atoms with van der Waals surface area (Å²) >= 11 is 0. The Morgan fingerprint density at radius 1 is 1.17 bits per heavy atom. The first-order valence-electron chi connectivity index (χ1n) is 11.8. The number of benzene rings is 1. The van der Waals surface area contributed by atoms with Crippen molar-refractivity contribution in [2.45, 2.75) is 90.1 Å². The molecule has 0 aromatic heterocycles. The van der Waals surface area contributed by atoms with E-state index in [2.05, 4.69) is 13.8 Å². The second-order valence-corrected chi connectivity index (χ2v) is 8.97. The van der Waals surface area contributed by atoms with E-state index < -0.39 is 11.6 Å². The molecule has 0 bridgehead atoms. The lowest BCUT2D eigenvalue weighted by Crippen LogP contribution is -2.48. The molecule has 0 amide bonds. The summed E-state index contributed by atoms with van der Waals surface area (Å²) in [4.78, 5) is 15.2. The molecule has 30 heavy (non-hydrogen) atoms. The summed E-state index contributed by atoms with van der Waals surface area (Å²) in [6.45, 7) is 4.87. The Labute approximate surface area is 181 Å². The van der Waals surface area contributed by atoms with Gasteiger partial charge in [-0.1, -0.05) is 52.0 Å². The van der Waals surface area contributed by atoms with Crippen molar-refractivity contribution in [1.82, 2.24) is 0 Å². The molecule has 1 aliphatic carbocycles. The molecule has 0 saturated heterocycles. The van der Waals surface area contributed by atoms with Crippen LogP contribution in [0.1, 0.15) is 84.5 Å². The molecular formula is C25H38N2O3. The molecule has 1 heterocycles. The molecule has 0 radical (unpaired) electrons. The van der Waals surface area contributed by atoms with Gasteiger partial charge in [0.2, 0.25) is 0 Å². The van der Waals surface area contributed by atoms with Gasteiger partial charge < -0.3 is 20.5 Å². The van der Waals surface area contributed by atoms with Crippen LogP contribution in [0.4, 0.5) is 11.4 Å². The minimum absolute atomic E-state index is 0.171. The normalized spacial score (nSPS) is 22.4. The molecule has 1 atom stereocenters. The SMILES string of the molecule is CCCCCCC1(C2CCCC2)CC(O)=C(N(CCC)c2cccc(N)c2)C(=O)O1. The van der Waals surface area contributed by atoms with Gasteiger partial charge in [0.05, 0.1) is 0 Å². The predicted molar refractivity (Wildman–Crippen MR) is 122 cm³/mol. The van der Waals surface area contributed by atoms with E-state index in [9.17, 15) is 9.90 Å². The highest BCUT2D eigenvalue weighted by molar-refractivity contribution is 5.94. The third-order valence-corrected chi connectivity index (χ3v) is 6.68. The third-order valence-electron chi connectivity index (χ3n) is 6.68. The molecule has 3 rings (SSSR count). The van der Waals surface area contributed by atoms with Gasteiger partial charge in [0.15, 0.2) is 5.70 Å². The number of anilines is 2. The van der Waals surface area contributed by atoms with Crippen molar-refractivity contribution in [2.24, 2.45) is 5.92 Å². The summed E-state index contributed by atoms with van der Waals surface area (Å²) in [6.07, 6.45) is 11.2. The fourth-order valence-electron chi connectivity index (χ4n) is 5.18. The maximum absolute atomic E-state index is 13.3. The monoisotopic (exact) mass is 414 g/mol. The number of hydrogen-bond donors (Lipinski definition) is 2. The van der Waals surface area contributed by atoms with Gasteiger partial charge in [-0.15, -0.1) is 0 Å². The van der Waals surface area contributed by atoms with Gasteiger partial charge in [0, 0.05) is 24.3 Å². The van der Waals surface area contributed by atoms with E-state index in [-0.39, 0.29) is 11.5 Å². The molecule has 1 fully saturated rings. The van der Waals surface area contributed by atoms with Gasteiger partial charge in [-0.3, -0.25) is 0 Å². The van der Waals surface area contributed by atoms with Crippen molar-refractivity contribution in [2.75, 3.05) is 17.2 Å². The largest absolute Gasteiger partial charge is 0.510 e. The number of nitrogens with two attached hydrogens (primary N) is 1. The first-order valence-corrected chi connectivity index (χ1v) is 11.8. The average molecular weight is 415 g/mol. The number of unbranched alkanes of at least 4 members (excludes halogenated alkanes) is 3. The molecule has 1 aromatic carbocycles. The predicted octanol–water partition coefficient (Wildman–Crippen LogP) is 6.10. The van der Waals surface area contributed by atoms with Gasteiger partial charge in [0.25, 0.3) is 0 Å². The number of nitrogens with zero attached hydrogens (tertiary/aromatic N) is 1. The summed E-state index contributed by atoms with van der Waals surface area (Å²) in [5.74, 6) is 0.125. The van der Waals surface area contributed by atoms with Crippen molar-refractivity contribution in [1.29, 1.82) is 0 Å². The minimum atomic E-state index is -0.553. The number of aliphatic hydroxyl groups is 1. The van der Waals surface area contributed by atoms with Gasteiger partial charge >= 0.3 is 5.97 Å². The number of carbonyl (C=O) groups excluding carboxylic acids is 1. The van der Waals surface area contributed by atoms with Crippen LogP contribution in [0.25, 0.3) is 0 Å². The summed E-state index contributed by atoms with van der Waals surface area (Å²) in [6, 6.07) is 7.45. The summed E-state index contributed by atoms with van der Waals surface area (Å²) in [5.41, 5.74) is 7.15. The van der Waals surface area contributed by atoms with E-state index in [1.54, 1.807) is 0 Å². The number of rotatable bonds is 10. The van der Waals surface area contributed by atoms with Gasteiger partial charge in [-0.2, -0.15) is 0 Å². The standard InChI is InChI=1S/C25H38N2O3/c1-3-5-6-9-15-25(19-11-7-8-12-19)18-22(28)23(24(29)30-25)27(16-4-2)21-14-10-13-20(26)17-21/h10,13-14,17,19,28H,3-9,11-12,15-16,18,26H2,1-2H3. The van der Waals surface area contributed by atoms with Crippen LogP contribution in [0.2, 0.25) is 0 Å². The lowest BCUT2D eigenvalue weighted by Gasteiger charge is -2.43. The van der Waals surface area contributed by atoms with Crippen LogP contribution in [-0.2, 0) is 9.53 Å². The van der Waals surface area contributed by atoms with E-state index in [1.807, 2.05) is 29.2 Å². The lowest BCUT2D eigenvalue weighted by molar-refractivity contribution is -0.167. The Bertz CT molecular complexity index is 755. The van der Waals surface area contributed by atoms with E-state index in [4.69, 9.17) is 10.5 Å². The zero-order chi connectivity index (χ0) is 21.6. The number of ether oxygens (including phenoxy) is 1. The minimum Gasteiger partial charge on any atom is -0.510 e. The van der Waals surface area contributed by atoms with E-state index in [1.165, 1.54) is 25.7 Å². The fourth-order valence-corrected chi connectivity index (χ4v) is 5.18. The first-order chi connectivity index (χ1) is 14.5. The molecule has 0 spiro atoms.